The Bertz CT molecular complexity index is 1110. The summed E-state index contributed by atoms with van der Waals surface area (Å²) in [7, 11) is -3.96. The number of aromatic nitrogens is 2. The lowest BCUT2D eigenvalue weighted by Crippen LogP contribution is -2.17. The summed E-state index contributed by atoms with van der Waals surface area (Å²) in [6.45, 7) is 0. The summed E-state index contributed by atoms with van der Waals surface area (Å²) in [4.78, 5) is 4.35. The van der Waals surface area contributed by atoms with Crippen LogP contribution in [-0.4, -0.2) is 18.6 Å². The highest BCUT2D eigenvalue weighted by Gasteiger charge is 2.29. The third-order valence-electron chi connectivity index (χ3n) is 4.40. The Morgan fingerprint density at radius 3 is 2.68 bits per heavy atom. The molecule has 1 fully saturated rings. The van der Waals surface area contributed by atoms with E-state index < -0.39 is 27.4 Å². The third kappa shape index (κ3) is 4.36. The fourth-order valence-corrected chi connectivity index (χ4v) is 4.08. The first-order valence-electron chi connectivity index (χ1n) is 8.74. The van der Waals surface area contributed by atoms with Gasteiger partial charge in [0.05, 0.1) is 17.9 Å². The average molecular weight is 405 g/mol. The number of halogens is 2. The number of hydrogen-bond donors (Lipinski definition) is 1. The zero-order chi connectivity index (χ0) is 19.7. The van der Waals surface area contributed by atoms with Gasteiger partial charge in [-0.15, -0.1) is 0 Å². The third-order valence-corrected chi connectivity index (χ3v) is 5.63. The zero-order valence-electron chi connectivity index (χ0n) is 14.7. The van der Waals surface area contributed by atoms with Crippen molar-refractivity contribution >= 4 is 15.7 Å². The maximum atomic E-state index is 13.8. The molecule has 1 heterocycles. The zero-order valence-corrected chi connectivity index (χ0v) is 15.5. The van der Waals surface area contributed by atoms with E-state index in [1.54, 1.807) is 24.3 Å². The largest absolute Gasteiger partial charge is 0.339 e. The summed E-state index contributed by atoms with van der Waals surface area (Å²) in [5.74, 6) is -0.739. The van der Waals surface area contributed by atoms with Gasteiger partial charge in [0.1, 0.15) is 11.6 Å². The Kier molecular flexibility index (Phi) is 4.84. The van der Waals surface area contributed by atoms with E-state index in [4.69, 9.17) is 4.52 Å². The molecule has 0 bridgehead atoms. The van der Waals surface area contributed by atoms with Crippen LogP contribution in [0.1, 0.15) is 41.6 Å². The second-order valence-corrected chi connectivity index (χ2v) is 8.47. The maximum Gasteiger partial charge on any atom is 0.237 e. The molecule has 2 aromatic carbocycles. The minimum absolute atomic E-state index is 0.240. The molecule has 3 aromatic rings. The molecule has 146 valence electrons. The molecule has 0 unspecified atom stereocenters. The van der Waals surface area contributed by atoms with Crippen LogP contribution in [0.5, 0.6) is 0 Å². The van der Waals surface area contributed by atoms with Crippen LogP contribution in [0.25, 0.3) is 0 Å². The Balaban J connectivity index is 1.53. The van der Waals surface area contributed by atoms with Crippen molar-refractivity contribution < 1.29 is 21.7 Å². The van der Waals surface area contributed by atoms with Gasteiger partial charge in [-0.2, -0.15) is 4.98 Å². The first-order chi connectivity index (χ1) is 13.4. The summed E-state index contributed by atoms with van der Waals surface area (Å²) in [5.41, 5.74) is 0.721. The molecule has 0 amide bonds. The number of sulfonamides is 1. The molecule has 0 radical (unpaired) electrons. The maximum absolute atomic E-state index is 13.8. The van der Waals surface area contributed by atoms with Crippen LogP contribution in [0.4, 0.5) is 14.5 Å². The molecule has 1 aliphatic rings. The Morgan fingerprint density at radius 2 is 1.89 bits per heavy atom. The fraction of sp³-hybridized carbons (Fsp3) is 0.263. The van der Waals surface area contributed by atoms with E-state index in [0.29, 0.717) is 28.9 Å². The van der Waals surface area contributed by atoms with Crippen LogP contribution in [-0.2, 0) is 22.2 Å². The lowest BCUT2D eigenvalue weighted by atomic mass is 10.1. The molecule has 6 nitrogen and oxygen atoms in total. The molecule has 1 N–H and O–H groups in total. The van der Waals surface area contributed by atoms with Crippen molar-refractivity contribution in [3.8, 4) is 0 Å². The van der Waals surface area contributed by atoms with Crippen molar-refractivity contribution in [3.05, 3.63) is 76.9 Å². The predicted octanol–water partition coefficient (Wildman–Crippen LogP) is 3.76. The minimum Gasteiger partial charge on any atom is -0.339 e. The van der Waals surface area contributed by atoms with Gasteiger partial charge < -0.3 is 4.52 Å². The van der Waals surface area contributed by atoms with E-state index in [0.717, 1.165) is 31.0 Å². The molecular weight excluding hydrogens is 388 g/mol. The number of rotatable bonds is 7. The molecule has 9 heteroatoms. The molecule has 1 aromatic heterocycles. The molecule has 1 aliphatic carbocycles. The lowest BCUT2D eigenvalue weighted by Gasteiger charge is -2.12. The quantitative estimate of drug-likeness (QED) is 0.647. The Labute approximate surface area is 160 Å². The smallest absolute Gasteiger partial charge is 0.237 e. The van der Waals surface area contributed by atoms with Crippen molar-refractivity contribution in [3.63, 3.8) is 0 Å². The number of nitrogens with zero attached hydrogens (tertiary/aromatic N) is 2. The van der Waals surface area contributed by atoms with Crippen LogP contribution >= 0.6 is 0 Å². The molecule has 0 atom stereocenters. The number of anilines is 1. The SMILES string of the molecule is O=S(=O)(Cc1cc(F)ccc1F)Nc1ccccc1Cc1nc(C2CC2)no1. The number of hydrogen-bond acceptors (Lipinski definition) is 5. The summed E-state index contributed by atoms with van der Waals surface area (Å²) < 4.78 is 59.8. The van der Waals surface area contributed by atoms with Gasteiger partial charge in [0.2, 0.25) is 15.9 Å². The van der Waals surface area contributed by atoms with Crippen molar-refractivity contribution in [1.82, 2.24) is 10.1 Å². The lowest BCUT2D eigenvalue weighted by molar-refractivity contribution is 0.379. The Morgan fingerprint density at radius 1 is 1.11 bits per heavy atom. The van der Waals surface area contributed by atoms with Crippen LogP contribution in [0, 0.1) is 11.6 Å². The Hall–Kier alpha value is -2.81. The molecule has 28 heavy (non-hydrogen) atoms. The molecular formula is C19H17F2N3O3S. The van der Waals surface area contributed by atoms with Gasteiger partial charge in [0.15, 0.2) is 5.82 Å². The second-order valence-electron chi connectivity index (χ2n) is 6.75. The fourth-order valence-electron chi connectivity index (χ4n) is 2.85. The van der Waals surface area contributed by atoms with Crippen LogP contribution in [0.3, 0.4) is 0 Å². The van der Waals surface area contributed by atoms with E-state index >= 15 is 0 Å². The summed E-state index contributed by atoms with van der Waals surface area (Å²) >= 11 is 0. The van der Waals surface area contributed by atoms with Gasteiger partial charge in [0, 0.05) is 11.5 Å². The normalized spacial score (nSPS) is 14.2. The average Bonchev–Trinajstić information content (AvgIpc) is 3.39. The predicted molar refractivity (Wildman–Crippen MR) is 98.1 cm³/mol. The van der Waals surface area contributed by atoms with Crippen molar-refractivity contribution in [1.29, 1.82) is 0 Å². The van der Waals surface area contributed by atoms with Gasteiger partial charge in [-0.3, -0.25) is 4.72 Å². The van der Waals surface area contributed by atoms with E-state index in [2.05, 4.69) is 14.9 Å². The molecule has 0 spiro atoms. The summed E-state index contributed by atoms with van der Waals surface area (Å²) in [5, 5.41) is 3.95. The van der Waals surface area contributed by atoms with Gasteiger partial charge in [-0.05, 0) is 42.7 Å². The van der Waals surface area contributed by atoms with Gasteiger partial charge in [-0.25, -0.2) is 17.2 Å². The first kappa shape index (κ1) is 18.5. The first-order valence-corrected chi connectivity index (χ1v) is 10.4. The van der Waals surface area contributed by atoms with E-state index in [-0.39, 0.29) is 12.0 Å². The molecule has 0 aliphatic heterocycles. The highest BCUT2D eigenvalue weighted by Crippen LogP contribution is 2.38. The monoisotopic (exact) mass is 405 g/mol. The molecule has 1 saturated carbocycles. The minimum atomic E-state index is -3.96. The van der Waals surface area contributed by atoms with Crippen LogP contribution in [0.2, 0.25) is 0 Å². The summed E-state index contributed by atoms with van der Waals surface area (Å²) in [6, 6.07) is 9.48. The number of benzene rings is 2. The van der Waals surface area contributed by atoms with Crippen LogP contribution < -0.4 is 4.72 Å². The highest BCUT2D eigenvalue weighted by atomic mass is 32.2. The molecule has 4 rings (SSSR count). The van der Waals surface area contributed by atoms with Gasteiger partial charge in [0.25, 0.3) is 0 Å². The standard InChI is InChI=1S/C19H17F2N3O3S/c20-15-7-8-16(21)14(9-15)11-28(25,26)24-17-4-2-1-3-13(17)10-18-22-19(23-27-18)12-5-6-12/h1-4,7-9,12,24H,5-6,10-11H2. The van der Waals surface area contributed by atoms with Gasteiger partial charge >= 0.3 is 0 Å². The highest BCUT2D eigenvalue weighted by molar-refractivity contribution is 7.91. The van der Waals surface area contributed by atoms with Crippen molar-refractivity contribution in [2.45, 2.75) is 30.9 Å². The van der Waals surface area contributed by atoms with E-state index in [1.165, 1.54) is 0 Å². The van der Waals surface area contributed by atoms with E-state index in [1.807, 2.05) is 0 Å². The number of nitrogens with one attached hydrogen (secondary N) is 1. The topological polar surface area (TPSA) is 85.1 Å². The molecule has 0 saturated heterocycles. The van der Waals surface area contributed by atoms with E-state index in [9.17, 15) is 17.2 Å². The second kappa shape index (κ2) is 7.31. The number of para-hydroxylation sites is 1. The van der Waals surface area contributed by atoms with Crippen LogP contribution in [0.15, 0.2) is 47.0 Å². The van der Waals surface area contributed by atoms with Crippen molar-refractivity contribution in [2.75, 3.05) is 4.72 Å². The van der Waals surface area contributed by atoms with Gasteiger partial charge in [-0.1, -0.05) is 23.4 Å². The summed E-state index contributed by atoms with van der Waals surface area (Å²) in [6.07, 6.45) is 2.35. The van der Waals surface area contributed by atoms with Crippen molar-refractivity contribution in [2.24, 2.45) is 0 Å².